The van der Waals surface area contributed by atoms with Crippen molar-refractivity contribution in [1.82, 2.24) is 5.32 Å². The van der Waals surface area contributed by atoms with Crippen molar-refractivity contribution in [3.63, 3.8) is 0 Å². The quantitative estimate of drug-likeness (QED) is 0.632. The van der Waals surface area contributed by atoms with Crippen LogP contribution < -0.4 is 5.32 Å². The summed E-state index contributed by atoms with van der Waals surface area (Å²) >= 11 is 3.37. The monoisotopic (exact) mass is 295 g/mol. The molecule has 0 unspecified atom stereocenters. The Balaban J connectivity index is 2.25. The molecule has 3 heteroatoms. The van der Waals surface area contributed by atoms with E-state index in [9.17, 15) is 4.79 Å². The van der Waals surface area contributed by atoms with Gasteiger partial charge in [-0.25, -0.2) is 0 Å². The highest BCUT2D eigenvalue weighted by Gasteiger charge is 2.02. The number of hydrogen-bond acceptors (Lipinski definition) is 1. The maximum absolute atomic E-state index is 11.6. The lowest BCUT2D eigenvalue weighted by Crippen LogP contribution is -2.26. The van der Waals surface area contributed by atoms with Crippen molar-refractivity contribution in [2.24, 2.45) is 0 Å². The van der Waals surface area contributed by atoms with Crippen LogP contribution in [0, 0.1) is 0 Å². The molecule has 0 saturated heterocycles. The average molecular weight is 296 g/mol. The number of amides is 1. The van der Waals surface area contributed by atoms with Crippen molar-refractivity contribution in [1.29, 1.82) is 0 Å². The van der Waals surface area contributed by atoms with Crippen LogP contribution in [0.2, 0.25) is 0 Å². The predicted octanol–water partition coefficient (Wildman–Crippen LogP) is 3.46. The van der Waals surface area contributed by atoms with E-state index in [-0.39, 0.29) is 5.91 Å². The number of carbonyl (C=O) groups excluding carboxylic acids is 1. The number of benzene rings is 1. The topological polar surface area (TPSA) is 29.1 Å². The molecular weight excluding hydrogens is 278 g/mol. The van der Waals surface area contributed by atoms with Crippen LogP contribution in [-0.4, -0.2) is 12.5 Å². The molecule has 0 spiro atoms. The lowest BCUT2D eigenvalue weighted by Gasteiger charge is -2.05. The number of hydrogen-bond donors (Lipinski definition) is 1. The predicted molar refractivity (Wildman–Crippen MR) is 74.9 cm³/mol. The Hall–Kier alpha value is -1.09. The van der Waals surface area contributed by atoms with Gasteiger partial charge in [0.2, 0.25) is 5.91 Å². The van der Waals surface area contributed by atoms with Gasteiger partial charge in [-0.15, -0.1) is 6.58 Å². The van der Waals surface area contributed by atoms with Gasteiger partial charge in [-0.2, -0.15) is 0 Å². The normalized spacial score (nSPS) is 10.0. The van der Waals surface area contributed by atoms with Crippen molar-refractivity contribution in [2.75, 3.05) is 6.54 Å². The zero-order chi connectivity index (χ0) is 12.7. The average Bonchev–Trinajstić information content (AvgIpc) is 2.27. The Morgan fingerprint density at radius 1 is 1.35 bits per heavy atom. The molecule has 0 aliphatic heterocycles. The van der Waals surface area contributed by atoms with E-state index in [1.165, 1.54) is 0 Å². The molecule has 1 N–H and O–H groups in total. The second-order valence-corrected chi connectivity index (χ2v) is 5.13. The standard InChI is InChI=1S/C14H18BrNO/c1-11(2)4-3-9-16-14(17)10-12-5-7-13(15)8-6-12/h5-8H,1,3-4,9-10H2,2H3,(H,16,17). The molecule has 0 atom stereocenters. The second kappa shape index (κ2) is 7.28. The smallest absolute Gasteiger partial charge is 0.224 e. The Bertz CT molecular complexity index is 384. The summed E-state index contributed by atoms with van der Waals surface area (Å²) < 4.78 is 1.03. The first kappa shape index (κ1) is 14.0. The van der Waals surface area contributed by atoms with E-state index in [1.54, 1.807) is 0 Å². The maximum atomic E-state index is 11.6. The van der Waals surface area contributed by atoms with Crippen LogP contribution in [-0.2, 0) is 11.2 Å². The minimum absolute atomic E-state index is 0.0778. The highest BCUT2D eigenvalue weighted by molar-refractivity contribution is 9.10. The molecule has 0 saturated carbocycles. The van der Waals surface area contributed by atoms with E-state index in [1.807, 2.05) is 31.2 Å². The van der Waals surface area contributed by atoms with Crippen LogP contribution in [0.5, 0.6) is 0 Å². The molecule has 0 bridgehead atoms. The summed E-state index contributed by atoms with van der Waals surface area (Å²) in [6.07, 6.45) is 2.38. The van der Waals surface area contributed by atoms with E-state index in [0.717, 1.165) is 35.0 Å². The van der Waals surface area contributed by atoms with Gasteiger partial charge < -0.3 is 5.32 Å². The number of carbonyl (C=O) groups is 1. The number of rotatable bonds is 6. The molecular formula is C14H18BrNO. The van der Waals surface area contributed by atoms with Crippen LogP contribution in [0.4, 0.5) is 0 Å². The largest absolute Gasteiger partial charge is 0.356 e. The Labute approximate surface area is 111 Å². The van der Waals surface area contributed by atoms with Crippen LogP contribution in [0.3, 0.4) is 0 Å². The van der Waals surface area contributed by atoms with Crippen molar-refractivity contribution < 1.29 is 4.79 Å². The van der Waals surface area contributed by atoms with E-state index in [2.05, 4.69) is 27.8 Å². The van der Waals surface area contributed by atoms with Crippen molar-refractivity contribution >= 4 is 21.8 Å². The van der Waals surface area contributed by atoms with Gasteiger partial charge in [0.05, 0.1) is 6.42 Å². The lowest BCUT2D eigenvalue weighted by molar-refractivity contribution is -0.120. The van der Waals surface area contributed by atoms with Gasteiger partial charge >= 0.3 is 0 Å². The van der Waals surface area contributed by atoms with E-state index in [0.29, 0.717) is 6.42 Å². The molecule has 0 radical (unpaired) electrons. The fraction of sp³-hybridized carbons (Fsp3) is 0.357. The van der Waals surface area contributed by atoms with Gasteiger partial charge in [0.15, 0.2) is 0 Å². The molecule has 0 aromatic heterocycles. The van der Waals surface area contributed by atoms with E-state index >= 15 is 0 Å². The van der Waals surface area contributed by atoms with E-state index in [4.69, 9.17) is 0 Å². The summed E-state index contributed by atoms with van der Waals surface area (Å²) in [4.78, 5) is 11.6. The molecule has 0 aliphatic carbocycles. The zero-order valence-electron chi connectivity index (χ0n) is 10.1. The highest BCUT2D eigenvalue weighted by Crippen LogP contribution is 2.10. The zero-order valence-corrected chi connectivity index (χ0v) is 11.7. The maximum Gasteiger partial charge on any atom is 0.224 e. The van der Waals surface area contributed by atoms with E-state index < -0.39 is 0 Å². The molecule has 1 aromatic rings. The first-order chi connectivity index (χ1) is 8.08. The van der Waals surface area contributed by atoms with Gasteiger partial charge in [0.25, 0.3) is 0 Å². The first-order valence-corrected chi connectivity index (χ1v) is 6.53. The minimum Gasteiger partial charge on any atom is -0.356 e. The van der Waals surface area contributed by atoms with Crippen molar-refractivity contribution in [3.8, 4) is 0 Å². The molecule has 17 heavy (non-hydrogen) atoms. The van der Waals surface area contributed by atoms with Gasteiger partial charge in [-0.1, -0.05) is 33.6 Å². The second-order valence-electron chi connectivity index (χ2n) is 4.21. The summed E-state index contributed by atoms with van der Waals surface area (Å²) in [5.74, 6) is 0.0778. The summed E-state index contributed by atoms with van der Waals surface area (Å²) in [5, 5.41) is 2.91. The third-order valence-corrected chi connectivity index (χ3v) is 2.91. The minimum atomic E-state index is 0.0778. The molecule has 1 rings (SSSR count). The van der Waals surface area contributed by atoms with Crippen molar-refractivity contribution in [3.05, 3.63) is 46.5 Å². The third kappa shape index (κ3) is 6.27. The fourth-order valence-electron chi connectivity index (χ4n) is 1.47. The Morgan fingerprint density at radius 3 is 2.59 bits per heavy atom. The van der Waals surface area contributed by atoms with Gasteiger partial charge in [0.1, 0.15) is 0 Å². The molecule has 2 nitrogen and oxygen atoms in total. The van der Waals surface area contributed by atoms with Crippen molar-refractivity contribution in [2.45, 2.75) is 26.2 Å². The number of halogens is 1. The van der Waals surface area contributed by atoms with Gasteiger partial charge in [-0.05, 0) is 37.5 Å². The fourth-order valence-corrected chi connectivity index (χ4v) is 1.73. The lowest BCUT2D eigenvalue weighted by atomic mass is 10.1. The van der Waals surface area contributed by atoms with Gasteiger partial charge in [-0.3, -0.25) is 4.79 Å². The Morgan fingerprint density at radius 2 is 2.00 bits per heavy atom. The summed E-state index contributed by atoms with van der Waals surface area (Å²) in [5.41, 5.74) is 2.19. The van der Waals surface area contributed by atoms with Crippen LogP contribution >= 0.6 is 15.9 Å². The van der Waals surface area contributed by atoms with Gasteiger partial charge in [0, 0.05) is 11.0 Å². The molecule has 1 amide bonds. The summed E-state index contributed by atoms with van der Waals surface area (Å²) in [6.45, 7) is 6.56. The number of nitrogens with one attached hydrogen (secondary N) is 1. The molecule has 1 aromatic carbocycles. The van der Waals surface area contributed by atoms with Crippen LogP contribution in [0.1, 0.15) is 25.3 Å². The summed E-state index contributed by atoms with van der Waals surface area (Å²) in [6, 6.07) is 7.81. The first-order valence-electron chi connectivity index (χ1n) is 5.73. The third-order valence-electron chi connectivity index (χ3n) is 2.38. The van der Waals surface area contributed by atoms with Crippen LogP contribution in [0.15, 0.2) is 40.9 Å². The summed E-state index contributed by atoms with van der Waals surface area (Å²) in [7, 11) is 0. The molecule has 0 heterocycles. The Kier molecular flexibility index (Phi) is 5.98. The molecule has 0 aliphatic rings. The molecule has 92 valence electrons. The SMILES string of the molecule is C=C(C)CCCNC(=O)Cc1ccc(Br)cc1. The number of allylic oxidation sites excluding steroid dienone is 1. The highest BCUT2D eigenvalue weighted by atomic mass is 79.9. The molecule has 0 fully saturated rings. The van der Waals surface area contributed by atoms with Crippen LogP contribution in [0.25, 0.3) is 0 Å².